The van der Waals surface area contributed by atoms with Crippen LogP contribution in [-0.4, -0.2) is 11.1 Å². The normalized spacial score (nSPS) is 12.0. The average molecular weight is 349 g/mol. The number of unbranched alkanes of at least 4 members (excludes halogenated alkanes) is 4. The molecule has 5 nitrogen and oxygen atoms in total. The maximum Gasteiger partial charge on any atom is 0.303 e. The second-order valence-electron chi connectivity index (χ2n) is 5.67. The van der Waals surface area contributed by atoms with Crippen molar-refractivity contribution in [3.8, 4) is 0 Å². The Kier molecular flexibility index (Phi) is 16.6. The van der Waals surface area contributed by atoms with E-state index in [-0.39, 0.29) is 6.42 Å². The highest BCUT2D eigenvalue weighted by atomic mass is 17.0. The first-order valence-electron chi connectivity index (χ1n) is 9.12. The molecule has 140 valence electrons. The molecule has 0 atom stereocenters. The Hall–Kier alpha value is -2.17. The van der Waals surface area contributed by atoms with E-state index in [1.165, 1.54) is 25.7 Å². The van der Waals surface area contributed by atoms with Crippen LogP contribution in [0.15, 0.2) is 48.6 Å². The van der Waals surface area contributed by atoms with Crippen LogP contribution in [0.2, 0.25) is 0 Å². The third-order valence-corrected chi connectivity index (χ3v) is 3.39. The lowest BCUT2D eigenvalue weighted by molar-refractivity contribution is -0.729. The van der Waals surface area contributed by atoms with Crippen LogP contribution < -0.4 is 0 Å². The molecule has 0 amide bonds. The molecule has 0 unspecified atom stereocenters. The van der Waals surface area contributed by atoms with Gasteiger partial charge < -0.3 is 0 Å². The molecular formula is C20H31NO4. The van der Waals surface area contributed by atoms with Gasteiger partial charge in [-0.3, -0.25) is 4.79 Å². The first-order chi connectivity index (χ1) is 12.2. The van der Waals surface area contributed by atoms with Crippen molar-refractivity contribution in [3.63, 3.8) is 0 Å². The molecule has 0 fully saturated rings. The third kappa shape index (κ3) is 19.8. The molecule has 0 aromatic carbocycles. The molecule has 5 heteroatoms. The Labute approximate surface area is 151 Å². The minimum atomic E-state index is -1.07. The van der Waals surface area contributed by atoms with E-state index in [1.807, 2.05) is 12.2 Å². The topological polar surface area (TPSA) is 69.4 Å². The lowest BCUT2D eigenvalue weighted by Gasteiger charge is -1.95. The molecule has 0 saturated carbocycles. The van der Waals surface area contributed by atoms with E-state index in [9.17, 15) is 14.9 Å². The standard InChI is InChI=1S/C20H31NO4/c1-2-3-4-5-6-7-8-9-10-11-12-13-14-15-16-17-18-19-20(22)25-21(23)24/h6-7,9-10,12-13,15-16H,2-5,8,11,14,17-19H2,1H3/b7-6-,10-9-,13-12-,16-15-. The van der Waals surface area contributed by atoms with Gasteiger partial charge in [0.05, 0.1) is 0 Å². The van der Waals surface area contributed by atoms with Crippen molar-refractivity contribution in [2.75, 3.05) is 0 Å². The molecule has 0 heterocycles. The summed E-state index contributed by atoms with van der Waals surface area (Å²) < 4.78 is 0. The Morgan fingerprint density at radius 2 is 1.32 bits per heavy atom. The van der Waals surface area contributed by atoms with Crippen molar-refractivity contribution in [2.45, 2.75) is 71.1 Å². The smallest absolute Gasteiger partial charge is 0.268 e. The van der Waals surface area contributed by atoms with Gasteiger partial charge in [-0.1, -0.05) is 68.4 Å². The SMILES string of the molecule is CCCCC/C=C\C/C=C\C/C=C\C/C=C\CCCC(=O)O[N+](=O)[O-]. The third-order valence-electron chi connectivity index (χ3n) is 3.39. The summed E-state index contributed by atoms with van der Waals surface area (Å²) in [5.41, 5.74) is 0. The molecule has 0 N–H and O–H groups in total. The quantitative estimate of drug-likeness (QED) is 0.160. The van der Waals surface area contributed by atoms with Crippen molar-refractivity contribution in [2.24, 2.45) is 0 Å². The number of allylic oxidation sites excluding steroid dienone is 8. The van der Waals surface area contributed by atoms with Crippen LogP contribution in [0.5, 0.6) is 0 Å². The summed E-state index contributed by atoms with van der Waals surface area (Å²) in [7, 11) is 0. The molecule has 0 aliphatic rings. The van der Waals surface area contributed by atoms with Gasteiger partial charge in [-0.05, 0) is 44.9 Å². The molecule has 0 saturated heterocycles. The zero-order valence-electron chi connectivity index (χ0n) is 15.3. The Morgan fingerprint density at radius 3 is 1.80 bits per heavy atom. The maximum atomic E-state index is 10.9. The molecular weight excluding hydrogens is 318 g/mol. The van der Waals surface area contributed by atoms with E-state index < -0.39 is 11.1 Å². The van der Waals surface area contributed by atoms with Crippen LogP contribution in [0.4, 0.5) is 0 Å². The Bertz CT molecular complexity index is 464. The monoisotopic (exact) mass is 349 g/mol. The fourth-order valence-electron chi connectivity index (χ4n) is 2.05. The zero-order valence-corrected chi connectivity index (χ0v) is 15.3. The highest BCUT2D eigenvalue weighted by Gasteiger charge is 2.05. The van der Waals surface area contributed by atoms with Gasteiger partial charge in [0.15, 0.2) is 0 Å². The summed E-state index contributed by atoms with van der Waals surface area (Å²) in [5, 5.41) is 8.86. The van der Waals surface area contributed by atoms with E-state index in [2.05, 4.69) is 48.2 Å². The van der Waals surface area contributed by atoms with E-state index in [0.29, 0.717) is 12.8 Å². The number of carbonyl (C=O) groups is 1. The summed E-state index contributed by atoms with van der Waals surface area (Å²) in [4.78, 5) is 24.6. The number of rotatable bonds is 15. The van der Waals surface area contributed by atoms with Crippen molar-refractivity contribution < 1.29 is 14.7 Å². The predicted molar refractivity (Wildman–Crippen MR) is 101 cm³/mol. The summed E-state index contributed by atoms with van der Waals surface area (Å²) >= 11 is 0. The van der Waals surface area contributed by atoms with Crippen LogP contribution in [0.1, 0.15) is 71.1 Å². The van der Waals surface area contributed by atoms with Gasteiger partial charge >= 0.3 is 11.1 Å². The Balaban J connectivity index is 3.49. The average Bonchev–Trinajstić information content (AvgIpc) is 2.57. The van der Waals surface area contributed by atoms with E-state index in [0.717, 1.165) is 19.3 Å². The molecule has 0 radical (unpaired) electrons. The van der Waals surface area contributed by atoms with Gasteiger partial charge in [-0.15, -0.1) is 10.1 Å². The lowest BCUT2D eigenvalue weighted by Crippen LogP contribution is -2.09. The summed E-state index contributed by atoms with van der Waals surface area (Å²) in [6.45, 7) is 2.22. The van der Waals surface area contributed by atoms with Crippen LogP contribution in [0.3, 0.4) is 0 Å². The summed E-state index contributed by atoms with van der Waals surface area (Å²) in [6.07, 6.45) is 26.2. The lowest BCUT2D eigenvalue weighted by atomic mass is 10.2. The van der Waals surface area contributed by atoms with Gasteiger partial charge in [0.2, 0.25) is 0 Å². The number of hydrogen-bond donors (Lipinski definition) is 0. The van der Waals surface area contributed by atoms with Crippen LogP contribution in [-0.2, 0) is 9.63 Å². The summed E-state index contributed by atoms with van der Waals surface area (Å²) in [6, 6.07) is 0. The molecule has 0 aliphatic carbocycles. The minimum Gasteiger partial charge on any atom is -0.268 e. The number of carbonyl (C=O) groups excluding carboxylic acids is 1. The molecule has 25 heavy (non-hydrogen) atoms. The zero-order chi connectivity index (χ0) is 18.6. The second-order valence-corrected chi connectivity index (χ2v) is 5.67. The molecule has 0 aromatic heterocycles. The van der Waals surface area contributed by atoms with Crippen molar-refractivity contribution in [1.82, 2.24) is 0 Å². The van der Waals surface area contributed by atoms with Gasteiger partial charge in [0.1, 0.15) is 0 Å². The van der Waals surface area contributed by atoms with Crippen molar-refractivity contribution >= 4 is 5.97 Å². The Morgan fingerprint density at radius 1 is 0.840 bits per heavy atom. The molecule has 0 aliphatic heterocycles. The molecule has 0 spiro atoms. The summed E-state index contributed by atoms with van der Waals surface area (Å²) in [5.74, 6) is -0.791. The highest BCUT2D eigenvalue weighted by molar-refractivity contribution is 5.68. The molecule has 0 bridgehead atoms. The largest absolute Gasteiger partial charge is 0.303 e. The maximum absolute atomic E-state index is 10.9. The fraction of sp³-hybridized carbons (Fsp3) is 0.550. The van der Waals surface area contributed by atoms with E-state index in [4.69, 9.17) is 0 Å². The number of hydrogen-bond acceptors (Lipinski definition) is 4. The van der Waals surface area contributed by atoms with Gasteiger partial charge in [0, 0.05) is 6.42 Å². The van der Waals surface area contributed by atoms with Gasteiger partial charge in [0.25, 0.3) is 0 Å². The van der Waals surface area contributed by atoms with Gasteiger partial charge in [-0.25, -0.2) is 4.84 Å². The van der Waals surface area contributed by atoms with Crippen LogP contribution in [0, 0.1) is 10.1 Å². The first kappa shape index (κ1) is 22.8. The van der Waals surface area contributed by atoms with E-state index in [1.54, 1.807) is 0 Å². The highest BCUT2D eigenvalue weighted by Crippen LogP contribution is 2.02. The molecule has 0 rings (SSSR count). The number of nitrogens with zero attached hydrogens (tertiary/aromatic N) is 1. The van der Waals surface area contributed by atoms with E-state index >= 15 is 0 Å². The fourth-order valence-corrected chi connectivity index (χ4v) is 2.05. The minimum absolute atomic E-state index is 0.0685. The van der Waals surface area contributed by atoms with Gasteiger partial charge in [-0.2, -0.15) is 0 Å². The second kappa shape index (κ2) is 18.2. The van der Waals surface area contributed by atoms with Crippen LogP contribution in [0.25, 0.3) is 0 Å². The first-order valence-corrected chi connectivity index (χ1v) is 9.12. The molecule has 0 aromatic rings. The van der Waals surface area contributed by atoms with Crippen LogP contribution >= 0.6 is 0 Å². The van der Waals surface area contributed by atoms with Crippen molar-refractivity contribution in [1.29, 1.82) is 0 Å². The van der Waals surface area contributed by atoms with Crippen molar-refractivity contribution in [3.05, 3.63) is 58.7 Å². The predicted octanol–water partition coefficient (Wildman–Crippen LogP) is 5.87.